The van der Waals surface area contributed by atoms with Gasteiger partial charge in [0.2, 0.25) is 0 Å². The molecule has 0 aromatic heterocycles. The van der Waals surface area contributed by atoms with Gasteiger partial charge in [0, 0.05) is 28.1 Å². The molecule has 1 saturated heterocycles. The van der Waals surface area contributed by atoms with E-state index in [0.29, 0.717) is 16.1 Å². The zero-order chi connectivity index (χ0) is 12.3. The lowest BCUT2D eigenvalue weighted by molar-refractivity contribution is 0.685. The first-order chi connectivity index (χ1) is 8.16. The molecule has 0 bridgehead atoms. The average Bonchev–Trinajstić information content (AvgIpc) is 2.30. The van der Waals surface area contributed by atoms with Crippen LogP contribution in [0.4, 0.5) is 5.69 Å². The number of hydrogen-bond donors (Lipinski definition) is 2. The largest absolute Gasteiger partial charge is 0.389 e. The Labute approximate surface area is 116 Å². The van der Waals surface area contributed by atoms with Crippen LogP contribution in [0.25, 0.3) is 0 Å². The van der Waals surface area contributed by atoms with Crippen molar-refractivity contribution < 1.29 is 0 Å². The summed E-state index contributed by atoms with van der Waals surface area (Å²) in [5.41, 5.74) is 7.54. The van der Waals surface area contributed by atoms with E-state index in [4.69, 9.17) is 29.6 Å². The van der Waals surface area contributed by atoms with Crippen molar-refractivity contribution in [3.05, 3.63) is 28.8 Å². The summed E-state index contributed by atoms with van der Waals surface area (Å²) in [6.07, 6.45) is 2.45. The number of rotatable bonds is 3. The van der Waals surface area contributed by atoms with Crippen LogP contribution in [-0.2, 0) is 0 Å². The van der Waals surface area contributed by atoms with Crippen LogP contribution < -0.4 is 11.1 Å². The molecule has 1 unspecified atom stereocenters. The Morgan fingerprint density at radius 2 is 2.35 bits per heavy atom. The molecule has 1 aliphatic rings. The Morgan fingerprint density at radius 1 is 1.53 bits per heavy atom. The van der Waals surface area contributed by atoms with Gasteiger partial charge >= 0.3 is 0 Å². The molecule has 2 rings (SSSR count). The molecule has 1 atom stereocenters. The van der Waals surface area contributed by atoms with Crippen molar-refractivity contribution in [3.8, 4) is 0 Å². The second kappa shape index (κ2) is 5.94. The summed E-state index contributed by atoms with van der Waals surface area (Å²) >= 11 is 13.0. The smallest absolute Gasteiger partial charge is 0.106 e. The van der Waals surface area contributed by atoms with Crippen molar-refractivity contribution in [1.29, 1.82) is 0 Å². The summed E-state index contributed by atoms with van der Waals surface area (Å²) in [4.78, 5) is 0.410. The van der Waals surface area contributed by atoms with Crippen molar-refractivity contribution in [2.24, 2.45) is 5.73 Å². The van der Waals surface area contributed by atoms with E-state index in [9.17, 15) is 0 Å². The Kier molecular flexibility index (Phi) is 4.54. The van der Waals surface area contributed by atoms with E-state index in [1.807, 2.05) is 30.0 Å². The van der Waals surface area contributed by atoms with Crippen LogP contribution >= 0.6 is 35.6 Å². The molecule has 1 aromatic rings. The zero-order valence-corrected chi connectivity index (χ0v) is 11.8. The van der Waals surface area contributed by atoms with Crippen LogP contribution in [0.2, 0.25) is 5.02 Å². The van der Waals surface area contributed by atoms with Crippen molar-refractivity contribution in [1.82, 2.24) is 0 Å². The van der Waals surface area contributed by atoms with Gasteiger partial charge in [0.1, 0.15) is 4.99 Å². The maximum absolute atomic E-state index is 6.01. The molecule has 0 radical (unpaired) electrons. The second-order valence-corrected chi connectivity index (χ2v) is 6.14. The Hall–Kier alpha value is -0.450. The molecule has 0 aliphatic carbocycles. The number of halogens is 1. The van der Waals surface area contributed by atoms with E-state index < -0.39 is 0 Å². The van der Waals surface area contributed by atoms with Crippen molar-refractivity contribution in [2.75, 3.05) is 16.8 Å². The van der Waals surface area contributed by atoms with E-state index in [1.165, 1.54) is 18.6 Å². The second-order valence-electron chi connectivity index (χ2n) is 4.11. The van der Waals surface area contributed by atoms with Gasteiger partial charge in [0.25, 0.3) is 0 Å². The molecule has 1 aliphatic heterocycles. The van der Waals surface area contributed by atoms with Crippen LogP contribution in [0, 0.1) is 0 Å². The number of thiocarbonyl (C=S) groups is 1. The van der Waals surface area contributed by atoms with Crippen molar-refractivity contribution in [3.63, 3.8) is 0 Å². The van der Waals surface area contributed by atoms with Crippen LogP contribution in [0.15, 0.2) is 18.2 Å². The molecule has 1 heterocycles. The minimum absolute atomic E-state index is 0.410. The number of hydrogen-bond acceptors (Lipinski definition) is 3. The SMILES string of the molecule is NC(=S)c1ccc(Cl)cc1NC1CCCSC1. The van der Waals surface area contributed by atoms with Gasteiger partial charge in [0.05, 0.1) is 0 Å². The predicted octanol–water partition coefficient (Wildman–Crippen LogP) is 3.28. The van der Waals surface area contributed by atoms with Crippen LogP contribution in [-0.4, -0.2) is 22.5 Å². The van der Waals surface area contributed by atoms with Gasteiger partial charge in [-0.15, -0.1) is 0 Å². The summed E-state index contributed by atoms with van der Waals surface area (Å²) in [7, 11) is 0. The zero-order valence-electron chi connectivity index (χ0n) is 9.41. The van der Waals surface area contributed by atoms with Gasteiger partial charge in [-0.2, -0.15) is 11.8 Å². The van der Waals surface area contributed by atoms with Gasteiger partial charge in [-0.05, 0) is 36.8 Å². The van der Waals surface area contributed by atoms with E-state index in [0.717, 1.165) is 17.0 Å². The van der Waals surface area contributed by atoms with Crippen LogP contribution in [0.3, 0.4) is 0 Å². The van der Waals surface area contributed by atoms with Gasteiger partial charge in [-0.25, -0.2) is 0 Å². The van der Waals surface area contributed by atoms with Crippen molar-refractivity contribution in [2.45, 2.75) is 18.9 Å². The minimum Gasteiger partial charge on any atom is -0.389 e. The Balaban J connectivity index is 2.17. The summed E-state index contributed by atoms with van der Waals surface area (Å²) < 4.78 is 0. The van der Waals surface area contributed by atoms with Crippen molar-refractivity contribution >= 4 is 46.3 Å². The summed E-state index contributed by atoms with van der Waals surface area (Å²) in [5.74, 6) is 2.39. The fraction of sp³-hybridized carbons (Fsp3) is 0.417. The fourth-order valence-corrected chi connectivity index (χ4v) is 3.35. The van der Waals surface area contributed by atoms with Gasteiger partial charge in [-0.1, -0.05) is 23.8 Å². The maximum Gasteiger partial charge on any atom is 0.106 e. The highest BCUT2D eigenvalue weighted by Gasteiger charge is 2.15. The normalized spacial score (nSPS) is 19.9. The van der Waals surface area contributed by atoms with Crippen LogP contribution in [0.1, 0.15) is 18.4 Å². The summed E-state index contributed by atoms with van der Waals surface area (Å²) in [6.45, 7) is 0. The fourth-order valence-electron chi connectivity index (χ4n) is 1.93. The average molecular weight is 287 g/mol. The molecule has 17 heavy (non-hydrogen) atoms. The lowest BCUT2D eigenvalue weighted by Crippen LogP contribution is -2.27. The number of nitrogens with two attached hydrogens (primary N) is 1. The van der Waals surface area contributed by atoms with Gasteiger partial charge in [-0.3, -0.25) is 0 Å². The Morgan fingerprint density at radius 3 is 3.00 bits per heavy atom. The first-order valence-electron chi connectivity index (χ1n) is 5.60. The first kappa shape index (κ1) is 13.0. The topological polar surface area (TPSA) is 38.0 Å². The highest BCUT2D eigenvalue weighted by Crippen LogP contribution is 2.25. The molecule has 0 saturated carbocycles. The first-order valence-corrected chi connectivity index (χ1v) is 7.54. The minimum atomic E-state index is 0.410. The van der Waals surface area contributed by atoms with Gasteiger partial charge < -0.3 is 11.1 Å². The Bertz CT molecular complexity index is 417. The number of thioether (sulfide) groups is 1. The van der Waals surface area contributed by atoms with E-state index >= 15 is 0 Å². The molecule has 3 N–H and O–H groups in total. The van der Waals surface area contributed by atoms with E-state index in [-0.39, 0.29) is 0 Å². The van der Waals surface area contributed by atoms with E-state index in [2.05, 4.69) is 5.32 Å². The molecule has 1 aromatic carbocycles. The summed E-state index contributed by atoms with van der Waals surface area (Å²) in [5, 5.41) is 4.20. The number of benzene rings is 1. The molecule has 1 fully saturated rings. The predicted molar refractivity (Wildman–Crippen MR) is 81.3 cm³/mol. The third-order valence-corrected chi connectivity index (χ3v) is 4.44. The molecule has 5 heteroatoms. The molecule has 92 valence electrons. The van der Waals surface area contributed by atoms with Gasteiger partial charge in [0.15, 0.2) is 0 Å². The lowest BCUT2D eigenvalue weighted by Gasteiger charge is -2.24. The number of anilines is 1. The number of nitrogens with one attached hydrogen (secondary N) is 1. The third kappa shape index (κ3) is 3.50. The molecule has 2 nitrogen and oxygen atoms in total. The molecular weight excluding hydrogens is 272 g/mol. The van der Waals surface area contributed by atoms with Crippen LogP contribution in [0.5, 0.6) is 0 Å². The third-order valence-electron chi connectivity index (χ3n) is 2.77. The molecular formula is C12H15ClN2S2. The monoisotopic (exact) mass is 286 g/mol. The standard InChI is InChI=1S/C12H15ClN2S2/c13-8-3-4-10(12(14)16)11(6-8)15-9-2-1-5-17-7-9/h3-4,6,9,15H,1-2,5,7H2,(H2,14,16). The maximum atomic E-state index is 6.01. The summed E-state index contributed by atoms with van der Waals surface area (Å²) in [6, 6.07) is 6.08. The van der Waals surface area contributed by atoms with E-state index in [1.54, 1.807) is 0 Å². The quantitative estimate of drug-likeness (QED) is 0.837. The highest BCUT2D eigenvalue weighted by atomic mass is 35.5. The lowest BCUT2D eigenvalue weighted by atomic mass is 10.1. The molecule has 0 amide bonds. The highest BCUT2D eigenvalue weighted by molar-refractivity contribution is 7.99. The molecule has 0 spiro atoms.